The van der Waals surface area contributed by atoms with Gasteiger partial charge in [0.1, 0.15) is 17.4 Å². The number of para-hydroxylation sites is 1. The average Bonchev–Trinajstić information content (AvgIpc) is 3.00. The van der Waals surface area contributed by atoms with E-state index in [1.165, 1.54) is 0 Å². The lowest BCUT2D eigenvalue weighted by atomic mass is 10.1. The van der Waals surface area contributed by atoms with Crippen LogP contribution in [0.3, 0.4) is 0 Å². The SMILES string of the molecule is Cc1cccc2cc(C(NN)c3cccs3)oc12. The molecule has 1 aromatic carbocycles. The van der Waals surface area contributed by atoms with Crippen LogP contribution in [0, 0.1) is 6.92 Å². The van der Waals surface area contributed by atoms with Crippen LogP contribution < -0.4 is 11.3 Å². The van der Waals surface area contributed by atoms with Crippen molar-refractivity contribution in [2.45, 2.75) is 13.0 Å². The number of rotatable bonds is 3. The predicted octanol–water partition coefficient (Wildman–Crippen LogP) is 3.36. The fourth-order valence-electron chi connectivity index (χ4n) is 2.13. The summed E-state index contributed by atoms with van der Waals surface area (Å²) in [5.41, 5.74) is 4.89. The van der Waals surface area contributed by atoms with Gasteiger partial charge in [-0.1, -0.05) is 24.3 Å². The number of hydrogen-bond acceptors (Lipinski definition) is 4. The highest BCUT2D eigenvalue weighted by Gasteiger charge is 2.18. The maximum absolute atomic E-state index is 5.94. The molecule has 0 fully saturated rings. The van der Waals surface area contributed by atoms with Crippen molar-refractivity contribution in [1.29, 1.82) is 0 Å². The minimum absolute atomic E-state index is 0.0863. The molecule has 0 aliphatic rings. The lowest BCUT2D eigenvalue weighted by Gasteiger charge is -2.10. The maximum atomic E-state index is 5.94. The van der Waals surface area contributed by atoms with E-state index < -0.39 is 0 Å². The molecule has 92 valence electrons. The molecule has 1 unspecified atom stereocenters. The Morgan fingerprint density at radius 1 is 1.28 bits per heavy atom. The summed E-state index contributed by atoms with van der Waals surface area (Å²) in [4.78, 5) is 1.15. The Hall–Kier alpha value is -1.62. The van der Waals surface area contributed by atoms with Gasteiger partial charge in [0.15, 0.2) is 0 Å². The molecule has 2 heterocycles. The van der Waals surface area contributed by atoms with Crippen molar-refractivity contribution >= 4 is 22.3 Å². The number of nitrogens with two attached hydrogens (primary N) is 1. The second kappa shape index (κ2) is 4.57. The van der Waals surface area contributed by atoms with E-state index in [0.29, 0.717) is 0 Å². The van der Waals surface area contributed by atoms with Gasteiger partial charge >= 0.3 is 0 Å². The van der Waals surface area contributed by atoms with Crippen LogP contribution in [-0.2, 0) is 0 Å². The van der Waals surface area contributed by atoms with E-state index in [9.17, 15) is 0 Å². The smallest absolute Gasteiger partial charge is 0.137 e. The van der Waals surface area contributed by atoms with Crippen LogP contribution in [0.5, 0.6) is 0 Å². The third kappa shape index (κ3) is 1.84. The lowest BCUT2D eigenvalue weighted by molar-refractivity contribution is 0.480. The molecule has 1 atom stereocenters. The normalized spacial score (nSPS) is 13.0. The molecular formula is C14H14N2OS. The van der Waals surface area contributed by atoms with Crippen LogP contribution in [0.1, 0.15) is 22.2 Å². The molecule has 3 aromatic rings. The molecule has 4 heteroatoms. The van der Waals surface area contributed by atoms with Gasteiger partial charge in [0.2, 0.25) is 0 Å². The number of aryl methyl sites for hydroxylation is 1. The van der Waals surface area contributed by atoms with Gasteiger partial charge in [-0.3, -0.25) is 5.84 Å². The Kier molecular flexibility index (Phi) is 2.91. The Morgan fingerprint density at radius 3 is 2.83 bits per heavy atom. The summed E-state index contributed by atoms with van der Waals surface area (Å²) in [6.07, 6.45) is 0. The van der Waals surface area contributed by atoms with E-state index in [4.69, 9.17) is 10.3 Å². The van der Waals surface area contributed by atoms with E-state index in [0.717, 1.165) is 27.2 Å². The van der Waals surface area contributed by atoms with E-state index in [1.807, 2.05) is 36.6 Å². The number of nitrogens with one attached hydrogen (secondary N) is 1. The van der Waals surface area contributed by atoms with Crippen molar-refractivity contribution in [1.82, 2.24) is 5.43 Å². The van der Waals surface area contributed by atoms with Gasteiger partial charge in [-0.2, -0.15) is 0 Å². The molecular weight excluding hydrogens is 244 g/mol. The minimum atomic E-state index is -0.0863. The summed E-state index contributed by atoms with van der Waals surface area (Å²) in [6.45, 7) is 2.05. The summed E-state index contributed by atoms with van der Waals surface area (Å²) in [5, 5.41) is 3.15. The fraction of sp³-hybridized carbons (Fsp3) is 0.143. The van der Waals surface area contributed by atoms with E-state index in [1.54, 1.807) is 11.3 Å². The van der Waals surface area contributed by atoms with E-state index >= 15 is 0 Å². The standard InChI is InChI=1S/C14H14N2OS/c1-9-4-2-5-10-8-11(17-14(9)10)13(16-15)12-6-3-7-18-12/h2-8,13,16H,15H2,1H3. The van der Waals surface area contributed by atoms with Crippen molar-refractivity contribution in [2.75, 3.05) is 0 Å². The minimum Gasteiger partial charge on any atom is -0.459 e. The molecule has 3 N–H and O–H groups in total. The van der Waals surface area contributed by atoms with Crippen LogP contribution in [0.4, 0.5) is 0 Å². The lowest BCUT2D eigenvalue weighted by Crippen LogP contribution is -2.27. The number of thiophene rings is 1. The van der Waals surface area contributed by atoms with Crippen LogP contribution >= 0.6 is 11.3 Å². The van der Waals surface area contributed by atoms with Crippen LogP contribution in [0.2, 0.25) is 0 Å². The number of hydrazine groups is 1. The number of benzene rings is 1. The first-order valence-corrected chi connectivity index (χ1v) is 6.66. The third-order valence-corrected chi connectivity index (χ3v) is 3.98. The van der Waals surface area contributed by atoms with Crippen molar-refractivity contribution in [3.8, 4) is 0 Å². The van der Waals surface area contributed by atoms with Gasteiger partial charge in [-0.15, -0.1) is 11.3 Å². The molecule has 3 rings (SSSR count). The summed E-state index contributed by atoms with van der Waals surface area (Å²) in [7, 11) is 0. The first kappa shape index (κ1) is 11.5. The summed E-state index contributed by atoms with van der Waals surface area (Å²) in [5.74, 6) is 6.50. The maximum Gasteiger partial charge on any atom is 0.137 e. The third-order valence-electron chi connectivity index (χ3n) is 3.04. The van der Waals surface area contributed by atoms with Crippen LogP contribution in [0.15, 0.2) is 46.2 Å². The zero-order chi connectivity index (χ0) is 12.5. The fourth-order valence-corrected chi connectivity index (χ4v) is 2.92. The van der Waals surface area contributed by atoms with Crippen LogP contribution in [0.25, 0.3) is 11.0 Å². The molecule has 0 bridgehead atoms. The Balaban J connectivity index is 2.11. The molecule has 3 nitrogen and oxygen atoms in total. The van der Waals surface area contributed by atoms with E-state index in [2.05, 4.69) is 17.6 Å². The largest absolute Gasteiger partial charge is 0.459 e. The second-order valence-electron chi connectivity index (χ2n) is 4.26. The zero-order valence-electron chi connectivity index (χ0n) is 10.0. The summed E-state index contributed by atoms with van der Waals surface area (Å²) < 4.78 is 5.94. The number of furan rings is 1. The van der Waals surface area contributed by atoms with Crippen molar-refractivity contribution in [2.24, 2.45) is 5.84 Å². The molecule has 18 heavy (non-hydrogen) atoms. The Bertz CT molecular complexity index is 658. The second-order valence-corrected chi connectivity index (χ2v) is 5.24. The van der Waals surface area contributed by atoms with Crippen molar-refractivity contribution < 1.29 is 4.42 Å². The van der Waals surface area contributed by atoms with Gasteiger partial charge in [0.25, 0.3) is 0 Å². The quantitative estimate of drug-likeness (QED) is 0.559. The highest BCUT2D eigenvalue weighted by molar-refractivity contribution is 7.10. The summed E-state index contributed by atoms with van der Waals surface area (Å²) >= 11 is 1.66. The first-order chi connectivity index (χ1) is 8.79. The zero-order valence-corrected chi connectivity index (χ0v) is 10.8. The number of hydrogen-bond donors (Lipinski definition) is 2. The monoisotopic (exact) mass is 258 g/mol. The van der Waals surface area contributed by atoms with Gasteiger partial charge in [0, 0.05) is 10.3 Å². The van der Waals surface area contributed by atoms with Crippen LogP contribution in [-0.4, -0.2) is 0 Å². The molecule has 0 aliphatic heterocycles. The molecule has 2 aromatic heterocycles. The average molecular weight is 258 g/mol. The molecule has 0 saturated heterocycles. The highest BCUT2D eigenvalue weighted by Crippen LogP contribution is 2.31. The first-order valence-electron chi connectivity index (χ1n) is 5.78. The molecule has 0 aliphatic carbocycles. The molecule has 0 saturated carbocycles. The van der Waals surface area contributed by atoms with Gasteiger partial charge in [0.05, 0.1) is 0 Å². The van der Waals surface area contributed by atoms with Gasteiger partial charge < -0.3 is 4.42 Å². The summed E-state index contributed by atoms with van der Waals surface area (Å²) in [6, 6.07) is 12.2. The van der Waals surface area contributed by atoms with Crippen molar-refractivity contribution in [3.63, 3.8) is 0 Å². The Labute approximate surface area is 109 Å². The van der Waals surface area contributed by atoms with Crippen molar-refractivity contribution in [3.05, 3.63) is 58.0 Å². The molecule has 0 amide bonds. The number of fused-ring (bicyclic) bond motifs is 1. The van der Waals surface area contributed by atoms with Gasteiger partial charge in [-0.05, 0) is 30.0 Å². The van der Waals surface area contributed by atoms with E-state index in [-0.39, 0.29) is 6.04 Å². The molecule has 0 spiro atoms. The van der Waals surface area contributed by atoms with Gasteiger partial charge in [-0.25, -0.2) is 5.43 Å². The molecule has 0 radical (unpaired) electrons. The predicted molar refractivity (Wildman–Crippen MR) is 74.4 cm³/mol. The highest BCUT2D eigenvalue weighted by atomic mass is 32.1. The Morgan fingerprint density at radius 2 is 2.17 bits per heavy atom. The topological polar surface area (TPSA) is 51.2 Å².